The van der Waals surface area contributed by atoms with Gasteiger partial charge in [0, 0.05) is 15.1 Å². The van der Waals surface area contributed by atoms with Crippen molar-refractivity contribution in [2.45, 2.75) is 12.5 Å². The van der Waals surface area contributed by atoms with Crippen molar-refractivity contribution in [1.29, 1.82) is 0 Å². The van der Waals surface area contributed by atoms with Crippen LogP contribution in [0.2, 0.25) is 5.02 Å². The zero-order chi connectivity index (χ0) is 15.4. The first-order valence-electron chi connectivity index (χ1n) is 6.28. The Morgan fingerprint density at radius 1 is 1.33 bits per heavy atom. The Bertz CT molecular complexity index is 639. The minimum atomic E-state index is -0.384. The van der Waals surface area contributed by atoms with Crippen molar-refractivity contribution in [3.8, 4) is 5.75 Å². The molecule has 6 heteroatoms. The Morgan fingerprint density at radius 2 is 2.10 bits per heavy atom. The number of halogens is 3. The minimum absolute atomic E-state index is 0.326. The van der Waals surface area contributed by atoms with Crippen LogP contribution in [0, 0.1) is 5.82 Å². The van der Waals surface area contributed by atoms with Gasteiger partial charge >= 0.3 is 0 Å². The second-order valence-electron chi connectivity index (χ2n) is 4.55. The van der Waals surface area contributed by atoms with Gasteiger partial charge < -0.3 is 4.74 Å². The predicted molar refractivity (Wildman–Crippen MR) is 85.9 cm³/mol. The summed E-state index contributed by atoms with van der Waals surface area (Å²) in [6, 6.07) is 9.82. The van der Waals surface area contributed by atoms with Crippen molar-refractivity contribution in [2.24, 2.45) is 5.84 Å². The van der Waals surface area contributed by atoms with E-state index in [0.29, 0.717) is 27.2 Å². The molecule has 0 spiro atoms. The summed E-state index contributed by atoms with van der Waals surface area (Å²) in [4.78, 5) is 0. The molecule has 0 bridgehead atoms. The number of hydrogen-bond acceptors (Lipinski definition) is 3. The maximum absolute atomic E-state index is 14.1. The highest BCUT2D eigenvalue weighted by molar-refractivity contribution is 9.10. The molecule has 0 heterocycles. The molecule has 2 aromatic carbocycles. The molecular weight excluding hydrogens is 359 g/mol. The van der Waals surface area contributed by atoms with Crippen LogP contribution >= 0.6 is 27.5 Å². The summed E-state index contributed by atoms with van der Waals surface area (Å²) in [6.07, 6.45) is 0.457. The highest BCUT2D eigenvalue weighted by atomic mass is 79.9. The Balaban J connectivity index is 2.33. The molecule has 0 aliphatic rings. The van der Waals surface area contributed by atoms with Crippen LogP contribution in [0.15, 0.2) is 40.9 Å². The third-order valence-corrected chi connectivity index (χ3v) is 3.93. The number of methoxy groups -OCH3 is 1. The Labute approximate surface area is 136 Å². The van der Waals surface area contributed by atoms with Gasteiger partial charge in [0.1, 0.15) is 11.6 Å². The second-order valence-corrected chi connectivity index (χ2v) is 5.90. The number of nitrogens with two attached hydrogens (primary N) is 1. The van der Waals surface area contributed by atoms with E-state index in [1.807, 2.05) is 0 Å². The van der Waals surface area contributed by atoms with Crippen LogP contribution in [0.25, 0.3) is 0 Å². The quantitative estimate of drug-likeness (QED) is 0.615. The van der Waals surface area contributed by atoms with Crippen LogP contribution in [0.5, 0.6) is 5.75 Å². The van der Waals surface area contributed by atoms with Crippen molar-refractivity contribution in [1.82, 2.24) is 5.43 Å². The van der Waals surface area contributed by atoms with E-state index in [1.54, 1.807) is 37.4 Å². The number of hydrogen-bond donors (Lipinski definition) is 2. The van der Waals surface area contributed by atoms with Gasteiger partial charge in [0.05, 0.1) is 13.2 Å². The van der Waals surface area contributed by atoms with E-state index in [4.69, 9.17) is 22.2 Å². The van der Waals surface area contributed by atoms with Gasteiger partial charge in [0.25, 0.3) is 0 Å². The topological polar surface area (TPSA) is 47.3 Å². The van der Waals surface area contributed by atoms with Gasteiger partial charge in [-0.05, 0) is 42.3 Å². The van der Waals surface area contributed by atoms with Crippen LogP contribution in [-0.2, 0) is 6.42 Å². The summed E-state index contributed by atoms with van der Waals surface area (Å²) in [5.41, 5.74) is 3.99. The first-order chi connectivity index (χ1) is 10.0. The highest BCUT2D eigenvalue weighted by Crippen LogP contribution is 2.29. The molecule has 0 fully saturated rings. The first-order valence-corrected chi connectivity index (χ1v) is 7.45. The molecule has 0 aliphatic heterocycles. The molecule has 0 aromatic heterocycles. The van der Waals surface area contributed by atoms with Gasteiger partial charge in [-0.15, -0.1) is 0 Å². The van der Waals surface area contributed by atoms with Gasteiger partial charge in [-0.1, -0.05) is 33.6 Å². The standard InChI is InChI=1S/C15H15BrClFN2O/c1-21-15-5-3-11(17)6-9(15)7-14(20-19)12-4-2-10(16)8-13(12)18/h2-6,8,14,20H,7,19H2,1H3. The van der Waals surface area contributed by atoms with E-state index in [-0.39, 0.29) is 11.9 Å². The molecule has 0 aliphatic carbocycles. The van der Waals surface area contributed by atoms with Gasteiger partial charge in [-0.25, -0.2) is 4.39 Å². The fourth-order valence-electron chi connectivity index (χ4n) is 2.17. The van der Waals surface area contributed by atoms with Crippen LogP contribution in [0.3, 0.4) is 0 Å². The molecule has 1 atom stereocenters. The summed E-state index contributed by atoms with van der Waals surface area (Å²) < 4.78 is 20.1. The van der Waals surface area contributed by atoms with Crippen molar-refractivity contribution in [3.63, 3.8) is 0 Å². The molecule has 2 aromatic rings. The van der Waals surface area contributed by atoms with E-state index in [0.717, 1.165) is 5.56 Å². The van der Waals surface area contributed by atoms with Crippen LogP contribution in [-0.4, -0.2) is 7.11 Å². The molecule has 0 radical (unpaired) electrons. The van der Waals surface area contributed by atoms with Gasteiger partial charge in [-0.3, -0.25) is 11.3 Å². The van der Waals surface area contributed by atoms with Crippen molar-refractivity contribution in [3.05, 3.63) is 62.8 Å². The van der Waals surface area contributed by atoms with Gasteiger partial charge in [-0.2, -0.15) is 0 Å². The predicted octanol–water partition coefficient (Wildman–Crippen LogP) is 4.00. The number of rotatable bonds is 5. The normalized spacial score (nSPS) is 12.2. The summed E-state index contributed by atoms with van der Waals surface area (Å²) in [7, 11) is 1.58. The smallest absolute Gasteiger partial charge is 0.129 e. The Hall–Kier alpha value is -1.14. The van der Waals surface area contributed by atoms with Crippen molar-refractivity contribution < 1.29 is 9.13 Å². The summed E-state index contributed by atoms with van der Waals surface area (Å²) >= 11 is 9.25. The first kappa shape index (κ1) is 16.2. The molecular formula is C15H15BrClFN2O. The Kier molecular flexibility index (Phi) is 5.58. The van der Waals surface area contributed by atoms with Crippen molar-refractivity contribution >= 4 is 27.5 Å². The van der Waals surface area contributed by atoms with Crippen molar-refractivity contribution in [2.75, 3.05) is 7.11 Å². The van der Waals surface area contributed by atoms with E-state index in [9.17, 15) is 4.39 Å². The van der Waals surface area contributed by atoms with Gasteiger partial charge in [0.15, 0.2) is 0 Å². The fraction of sp³-hybridized carbons (Fsp3) is 0.200. The largest absolute Gasteiger partial charge is 0.496 e. The average Bonchev–Trinajstić information content (AvgIpc) is 2.45. The van der Waals surface area contributed by atoms with Gasteiger partial charge in [0.2, 0.25) is 0 Å². The lowest BCUT2D eigenvalue weighted by Crippen LogP contribution is -2.30. The van der Waals surface area contributed by atoms with E-state index >= 15 is 0 Å². The van der Waals surface area contributed by atoms with E-state index in [1.165, 1.54) is 6.07 Å². The molecule has 112 valence electrons. The molecule has 1 unspecified atom stereocenters. The highest BCUT2D eigenvalue weighted by Gasteiger charge is 2.17. The third-order valence-electron chi connectivity index (χ3n) is 3.21. The molecule has 21 heavy (non-hydrogen) atoms. The molecule has 3 nitrogen and oxygen atoms in total. The molecule has 3 N–H and O–H groups in total. The number of benzene rings is 2. The summed E-state index contributed by atoms with van der Waals surface area (Å²) in [5, 5.41) is 0.595. The molecule has 0 amide bonds. The molecule has 2 rings (SSSR count). The minimum Gasteiger partial charge on any atom is -0.496 e. The maximum atomic E-state index is 14.1. The zero-order valence-electron chi connectivity index (χ0n) is 11.4. The number of nitrogens with one attached hydrogen (secondary N) is 1. The summed E-state index contributed by atoms with van der Waals surface area (Å²) in [5.74, 6) is 5.95. The monoisotopic (exact) mass is 372 g/mol. The second kappa shape index (κ2) is 7.22. The Morgan fingerprint density at radius 3 is 2.71 bits per heavy atom. The lowest BCUT2D eigenvalue weighted by Gasteiger charge is -2.19. The van der Waals surface area contributed by atoms with Crippen LogP contribution < -0.4 is 16.0 Å². The molecule has 0 saturated heterocycles. The zero-order valence-corrected chi connectivity index (χ0v) is 13.7. The fourth-order valence-corrected chi connectivity index (χ4v) is 2.70. The van der Waals surface area contributed by atoms with Crippen LogP contribution in [0.4, 0.5) is 4.39 Å². The van der Waals surface area contributed by atoms with Crippen LogP contribution in [0.1, 0.15) is 17.2 Å². The third kappa shape index (κ3) is 3.95. The average molecular weight is 374 g/mol. The van der Waals surface area contributed by atoms with E-state index < -0.39 is 0 Å². The van der Waals surface area contributed by atoms with E-state index in [2.05, 4.69) is 21.4 Å². The number of hydrazine groups is 1. The number of ether oxygens (including phenoxy) is 1. The lowest BCUT2D eigenvalue weighted by atomic mass is 9.98. The lowest BCUT2D eigenvalue weighted by molar-refractivity contribution is 0.404. The maximum Gasteiger partial charge on any atom is 0.129 e. The summed E-state index contributed by atoms with van der Waals surface area (Å²) in [6.45, 7) is 0. The molecule has 0 saturated carbocycles. The SMILES string of the molecule is COc1ccc(Cl)cc1CC(NN)c1ccc(Br)cc1F.